The lowest BCUT2D eigenvalue weighted by Crippen LogP contribution is -2.58. The third-order valence-corrected chi connectivity index (χ3v) is 20.2. The van der Waals surface area contributed by atoms with Crippen LogP contribution in [-0.2, 0) is 29.4 Å². The molecule has 1 spiro atoms. The molecule has 4 saturated heterocycles. The maximum atomic E-state index is 16.0. The van der Waals surface area contributed by atoms with Gasteiger partial charge in [0, 0.05) is 98.3 Å². The Morgan fingerprint density at radius 2 is 1.45 bits per heavy atom. The quantitative estimate of drug-likeness (QED) is 0.0941. The number of hydrogen-bond donors (Lipinski definition) is 3. The fraction of sp³-hybridized carbons (Fsp3) is 0.522. The van der Waals surface area contributed by atoms with Gasteiger partial charge in [-0.25, -0.2) is 14.4 Å². The van der Waals surface area contributed by atoms with E-state index in [9.17, 15) is 33.6 Å². The van der Waals surface area contributed by atoms with Gasteiger partial charge in [-0.05, 0) is 166 Å². The fourth-order valence-corrected chi connectivity index (χ4v) is 15.3. The van der Waals surface area contributed by atoms with Gasteiger partial charge < -0.3 is 39.5 Å². The van der Waals surface area contributed by atoms with Crippen molar-refractivity contribution in [1.82, 2.24) is 44.8 Å². The third-order valence-electron chi connectivity index (χ3n) is 20.2. The Hall–Kier alpha value is -8.07. The number of amides is 8. The molecule has 3 N–H and O–H groups in total. The SMILES string of the molecule is Cc1cc(F)c(Nc2nc(-c3ccc4c(c3)N([C@H]3C[C@@H](N5CCCCC5)C3)C(=O)C43CCN(C(=O)[C@H]4CC[C@@H](C(=O)N5CCC(Oc6cccc7c6C(=O)N(C6CCC(=O)NC6=O)C7=O)CC5)CC4)CC3)cc3ncn(C(C)C)c23)cc1C(=O)NC(C)C. The van der Waals surface area contributed by atoms with Crippen molar-refractivity contribution in [3.63, 3.8) is 0 Å². The van der Waals surface area contributed by atoms with Crippen LogP contribution in [0, 0.1) is 24.6 Å². The number of hydrogen-bond acceptors (Lipinski definition) is 13. The van der Waals surface area contributed by atoms with Gasteiger partial charge in [0.2, 0.25) is 29.5 Å². The molecule has 3 aromatic carbocycles. The average Bonchev–Trinajstić information content (AvgIpc) is 1.57. The Kier molecular flexibility index (Phi) is 15.7. The standard InChI is InChI=1S/C67H78FN11O9/c1-37(2)70-60(81)47-34-51(49(68)30-39(47)5)72-59-58-52(69-36-77(58)38(3)4)35-50(71-59)42-16-17-48-54(31-42)78(44-32-43(33-44)74-24-7-6-8-25-74)66(87)67(48)22-28-76(29-23-67)63(84)41-14-12-40(13-15-41)62(83)75-26-20-45(21-27-75)88-55-11-9-10-46-57(55)65(86)79(64(46)85)53-18-19-56(80)73-61(53)82/h9-11,16-17,30-31,34-38,40-41,43-45,53H,6-8,12-15,18-29,32-33H2,1-5H3,(H,70,81)(H,71,72)(H,73,80,82)/t40-,41+,43-,44+,53?. The van der Waals surface area contributed by atoms with Gasteiger partial charge in [0.25, 0.3) is 17.7 Å². The van der Waals surface area contributed by atoms with E-state index in [-0.39, 0.29) is 95.1 Å². The number of pyridine rings is 1. The van der Waals surface area contributed by atoms with E-state index in [1.165, 1.54) is 37.5 Å². The van der Waals surface area contributed by atoms with Gasteiger partial charge in [-0.3, -0.25) is 48.6 Å². The van der Waals surface area contributed by atoms with Crippen LogP contribution in [0.3, 0.4) is 0 Å². The van der Waals surface area contributed by atoms with E-state index in [4.69, 9.17) is 14.7 Å². The molecule has 21 heteroatoms. The maximum absolute atomic E-state index is 16.0. The van der Waals surface area contributed by atoms with Crippen LogP contribution in [0.15, 0.2) is 60.9 Å². The number of piperidine rings is 4. The first-order chi connectivity index (χ1) is 42.3. The van der Waals surface area contributed by atoms with Gasteiger partial charge >= 0.3 is 0 Å². The molecule has 8 aliphatic rings. The molecule has 2 aliphatic carbocycles. The topological polar surface area (TPSA) is 229 Å². The van der Waals surface area contributed by atoms with Crippen molar-refractivity contribution < 1.29 is 47.5 Å². The van der Waals surface area contributed by atoms with Crippen LogP contribution in [-0.4, -0.2) is 151 Å². The number of imide groups is 2. The van der Waals surface area contributed by atoms with Crippen molar-refractivity contribution >= 4 is 75.5 Å². The smallest absolute Gasteiger partial charge is 0.266 e. The van der Waals surface area contributed by atoms with Crippen LogP contribution in [0.2, 0.25) is 0 Å². The minimum Gasteiger partial charge on any atom is -0.489 e. The monoisotopic (exact) mass is 1200 g/mol. The van der Waals surface area contributed by atoms with Crippen molar-refractivity contribution in [3.8, 4) is 17.0 Å². The maximum Gasteiger partial charge on any atom is 0.266 e. The van der Waals surface area contributed by atoms with Crippen LogP contribution in [0.25, 0.3) is 22.3 Å². The van der Waals surface area contributed by atoms with E-state index in [0.29, 0.717) is 117 Å². The van der Waals surface area contributed by atoms with Crippen LogP contribution < -0.4 is 25.6 Å². The van der Waals surface area contributed by atoms with Crippen LogP contribution in [0.4, 0.5) is 21.6 Å². The van der Waals surface area contributed by atoms with E-state index < -0.39 is 40.9 Å². The molecule has 1 atom stereocenters. The molecule has 2 saturated carbocycles. The number of carbonyl (C=O) groups is 8. The van der Waals surface area contributed by atoms with Crippen LogP contribution in [0.1, 0.15) is 172 Å². The summed E-state index contributed by atoms with van der Waals surface area (Å²) in [4.78, 5) is 128. The molecule has 13 rings (SSSR count). The Morgan fingerprint density at radius 1 is 0.761 bits per heavy atom. The van der Waals surface area contributed by atoms with Crippen molar-refractivity contribution in [2.45, 2.75) is 173 Å². The summed E-state index contributed by atoms with van der Waals surface area (Å²) in [7, 11) is 0. The highest BCUT2D eigenvalue weighted by Crippen LogP contribution is 2.53. The number of imidazole rings is 1. The summed E-state index contributed by atoms with van der Waals surface area (Å²) in [5.41, 5.74) is 4.94. The lowest BCUT2D eigenvalue weighted by atomic mass is 9.72. The summed E-state index contributed by atoms with van der Waals surface area (Å²) >= 11 is 0. The first kappa shape index (κ1) is 58.9. The van der Waals surface area contributed by atoms with Crippen molar-refractivity contribution in [2.75, 3.05) is 49.5 Å². The molecule has 6 aliphatic heterocycles. The minimum absolute atomic E-state index is 0.0000910. The number of benzene rings is 3. The summed E-state index contributed by atoms with van der Waals surface area (Å²) in [5.74, 6) is -2.74. The molecule has 0 bridgehead atoms. The van der Waals surface area contributed by atoms with Crippen LogP contribution in [0.5, 0.6) is 5.75 Å². The number of nitrogens with one attached hydrogen (secondary N) is 3. The van der Waals surface area contributed by atoms with E-state index in [1.807, 2.05) is 54.2 Å². The molecule has 2 aromatic heterocycles. The van der Waals surface area contributed by atoms with Crippen LogP contribution >= 0.6 is 0 Å². The summed E-state index contributed by atoms with van der Waals surface area (Å²) < 4.78 is 24.3. The second-order valence-electron chi connectivity index (χ2n) is 26.4. The number of aryl methyl sites for hydroxylation is 1. The molecule has 5 aromatic rings. The van der Waals surface area contributed by atoms with E-state index in [2.05, 4.69) is 37.9 Å². The molecular formula is C67H78FN11O9. The zero-order chi connectivity index (χ0) is 61.4. The number of aromatic nitrogens is 3. The fourth-order valence-electron chi connectivity index (χ4n) is 15.3. The third kappa shape index (κ3) is 10.6. The molecule has 1 unspecified atom stereocenters. The Morgan fingerprint density at radius 3 is 2.12 bits per heavy atom. The molecule has 6 fully saturated rings. The van der Waals surface area contributed by atoms with Crippen molar-refractivity contribution in [1.29, 1.82) is 0 Å². The number of likely N-dealkylation sites (tertiary alicyclic amines) is 3. The average molecular weight is 1200 g/mol. The van der Waals surface area contributed by atoms with Gasteiger partial charge in [0.1, 0.15) is 29.2 Å². The predicted molar refractivity (Wildman–Crippen MR) is 326 cm³/mol. The Bertz CT molecular complexity index is 3680. The highest BCUT2D eigenvalue weighted by molar-refractivity contribution is 6.24. The second-order valence-corrected chi connectivity index (χ2v) is 26.4. The van der Waals surface area contributed by atoms with Gasteiger partial charge in [0.15, 0.2) is 5.82 Å². The molecule has 0 radical (unpaired) electrons. The summed E-state index contributed by atoms with van der Waals surface area (Å²) in [6.07, 6.45) is 11.3. The normalized spacial score (nSPS) is 24.1. The lowest BCUT2D eigenvalue weighted by Gasteiger charge is -2.48. The molecule has 462 valence electrons. The number of halogens is 1. The molecular weight excluding hydrogens is 1120 g/mol. The number of nitrogens with zero attached hydrogens (tertiary/aromatic N) is 8. The van der Waals surface area contributed by atoms with Gasteiger partial charge in [-0.15, -0.1) is 0 Å². The van der Waals surface area contributed by atoms with Gasteiger partial charge in [-0.1, -0.05) is 24.6 Å². The Balaban J connectivity index is 0.676. The minimum atomic E-state index is -1.08. The number of carbonyl (C=O) groups excluding carboxylic acids is 8. The molecule has 8 heterocycles. The molecule has 20 nitrogen and oxygen atoms in total. The van der Waals surface area contributed by atoms with Gasteiger partial charge in [0.05, 0.1) is 39.8 Å². The van der Waals surface area contributed by atoms with Crippen molar-refractivity contribution in [3.05, 3.63) is 94.6 Å². The number of fused-ring (bicyclic) bond motifs is 4. The van der Waals surface area contributed by atoms with E-state index in [1.54, 1.807) is 25.4 Å². The van der Waals surface area contributed by atoms with E-state index in [0.717, 1.165) is 47.6 Å². The molecule has 88 heavy (non-hydrogen) atoms. The largest absolute Gasteiger partial charge is 0.489 e. The highest BCUT2D eigenvalue weighted by atomic mass is 19.1. The zero-order valence-electron chi connectivity index (χ0n) is 50.9. The predicted octanol–water partition coefficient (Wildman–Crippen LogP) is 8.51. The first-order valence-electron chi connectivity index (χ1n) is 31.9. The lowest BCUT2D eigenvalue weighted by molar-refractivity contribution is -0.144. The number of rotatable bonds is 13. The number of anilines is 3. The van der Waals surface area contributed by atoms with Gasteiger partial charge in [-0.2, -0.15) is 0 Å². The first-order valence-corrected chi connectivity index (χ1v) is 31.9. The summed E-state index contributed by atoms with van der Waals surface area (Å²) in [6.45, 7) is 13.5. The molecule has 8 amide bonds. The Labute approximate surface area is 511 Å². The second kappa shape index (κ2) is 23.5. The zero-order valence-corrected chi connectivity index (χ0v) is 50.9. The summed E-state index contributed by atoms with van der Waals surface area (Å²) in [6, 6.07) is 15.1. The highest BCUT2D eigenvalue weighted by Gasteiger charge is 2.56. The number of ether oxygens (including phenoxy) is 1. The van der Waals surface area contributed by atoms with E-state index >= 15 is 9.18 Å². The summed E-state index contributed by atoms with van der Waals surface area (Å²) in [5, 5.41) is 8.43. The van der Waals surface area contributed by atoms with Crippen molar-refractivity contribution in [2.24, 2.45) is 11.8 Å².